The van der Waals surface area contributed by atoms with Crippen LogP contribution in [0.4, 0.5) is 0 Å². The van der Waals surface area contributed by atoms with E-state index in [0.717, 1.165) is 31.2 Å². The van der Waals surface area contributed by atoms with Crippen molar-refractivity contribution in [3.8, 4) is 0 Å². The maximum absolute atomic E-state index is 11.3. The van der Waals surface area contributed by atoms with E-state index in [2.05, 4.69) is 10.6 Å². The fraction of sp³-hybridized carbons (Fsp3) is 0.583. The van der Waals surface area contributed by atoms with Crippen LogP contribution in [-0.4, -0.2) is 25.5 Å². The summed E-state index contributed by atoms with van der Waals surface area (Å²) in [5.74, 6) is 1.78. The van der Waals surface area contributed by atoms with E-state index in [1.807, 2.05) is 12.1 Å². The predicted molar refractivity (Wildman–Crippen MR) is 61.0 cm³/mol. The van der Waals surface area contributed by atoms with Crippen LogP contribution in [0, 0.1) is 5.92 Å². The zero-order valence-electron chi connectivity index (χ0n) is 9.37. The summed E-state index contributed by atoms with van der Waals surface area (Å²) in [5, 5.41) is 6.01. The zero-order chi connectivity index (χ0) is 11.2. The van der Waals surface area contributed by atoms with Gasteiger partial charge in [0.2, 0.25) is 5.91 Å². The van der Waals surface area contributed by atoms with Crippen LogP contribution in [-0.2, 0) is 11.2 Å². The summed E-state index contributed by atoms with van der Waals surface area (Å²) < 4.78 is 5.19. The highest BCUT2D eigenvalue weighted by Gasteiger charge is 2.21. The largest absolute Gasteiger partial charge is 0.469 e. The van der Waals surface area contributed by atoms with Gasteiger partial charge in [0.05, 0.1) is 12.8 Å². The van der Waals surface area contributed by atoms with Crippen molar-refractivity contribution in [2.24, 2.45) is 5.92 Å². The topological polar surface area (TPSA) is 54.3 Å². The number of rotatable bonds is 7. The number of carbonyl (C=O) groups is 1. The fourth-order valence-corrected chi connectivity index (χ4v) is 1.51. The molecule has 0 bridgehead atoms. The molecule has 88 valence electrons. The van der Waals surface area contributed by atoms with Crippen LogP contribution in [0.5, 0.6) is 0 Å². The Morgan fingerprint density at radius 2 is 2.38 bits per heavy atom. The monoisotopic (exact) mass is 222 g/mol. The first-order valence-corrected chi connectivity index (χ1v) is 5.84. The third-order valence-corrected chi connectivity index (χ3v) is 2.70. The molecular formula is C12H18N2O2. The van der Waals surface area contributed by atoms with Crippen molar-refractivity contribution < 1.29 is 9.21 Å². The van der Waals surface area contributed by atoms with Crippen molar-refractivity contribution in [1.82, 2.24) is 10.6 Å². The number of furan rings is 1. The summed E-state index contributed by atoms with van der Waals surface area (Å²) in [4.78, 5) is 11.3. The lowest BCUT2D eigenvalue weighted by atomic mass is 10.3. The van der Waals surface area contributed by atoms with Crippen LogP contribution in [0.3, 0.4) is 0 Å². The first kappa shape index (κ1) is 11.2. The van der Waals surface area contributed by atoms with Gasteiger partial charge in [-0.1, -0.05) is 0 Å². The van der Waals surface area contributed by atoms with Gasteiger partial charge in [-0.15, -0.1) is 0 Å². The van der Waals surface area contributed by atoms with Gasteiger partial charge in [-0.3, -0.25) is 4.79 Å². The van der Waals surface area contributed by atoms with E-state index in [0.29, 0.717) is 6.54 Å². The first-order chi connectivity index (χ1) is 7.84. The Morgan fingerprint density at radius 3 is 3.06 bits per heavy atom. The lowest BCUT2D eigenvalue weighted by Gasteiger charge is -2.05. The molecule has 1 aliphatic carbocycles. The highest BCUT2D eigenvalue weighted by atomic mass is 16.3. The van der Waals surface area contributed by atoms with Crippen molar-refractivity contribution in [1.29, 1.82) is 0 Å². The van der Waals surface area contributed by atoms with Gasteiger partial charge < -0.3 is 15.1 Å². The Hall–Kier alpha value is -1.29. The molecule has 2 N–H and O–H groups in total. The average molecular weight is 222 g/mol. The highest BCUT2D eigenvalue weighted by molar-refractivity contribution is 5.77. The summed E-state index contributed by atoms with van der Waals surface area (Å²) >= 11 is 0. The van der Waals surface area contributed by atoms with Crippen molar-refractivity contribution in [3.63, 3.8) is 0 Å². The summed E-state index contributed by atoms with van der Waals surface area (Å²) in [5.41, 5.74) is 0. The molecule has 2 rings (SSSR count). The summed E-state index contributed by atoms with van der Waals surface area (Å²) in [7, 11) is 0. The summed E-state index contributed by atoms with van der Waals surface area (Å²) in [6, 6.07) is 3.81. The number of carbonyl (C=O) groups excluding carboxylic acids is 1. The van der Waals surface area contributed by atoms with Gasteiger partial charge >= 0.3 is 0 Å². The lowest BCUT2D eigenvalue weighted by Crippen LogP contribution is -2.35. The number of amides is 1. The van der Waals surface area contributed by atoms with Crippen LogP contribution in [0.2, 0.25) is 0 Å². The van der Waals surface area contributed by atoms with Crippen LogP contribution in [0.1, 0.15) is 18.6 Å². The van der Waals surface area contributed by atoms with Gasteiger partial charge in [-0.05, 0) is 30.9 Å². The van der Waals surface area contributed by atoms with E-state index >= 15 is 0 Å². The molecule has 0 aromatic carbocycles. The average Bonchev–Trinajstić information content (AvgIpc) is 2.97. The second-order valence-electron chi connectivity index (χ2n) is 4.25. The molecule has 1 aromatic rings. The van der Waals surface area contributed by atoms with Gasteiger partial charge in [0.1, 0.15) is 5.76 Å². The standard InChI is InChI=1S/C12H18N2O2/c15-12(14-8-10-3-4-10)9-13-6-5-11-2-1-7-16-11/h1-2,7,10,13H,3-6,8-9H2,(H,14,15). The van der Waals surface area contributed by atoms with Gasteiger partial charge in [0.25, 0.3) is 0 Å². The minimum atomic E-state index is 0.0892. The molecular weight excluding hydrogens is 204 g/mol. The van der Waals surface area contributed by atoms with E-state index in [9.17, 15) is 4.79 Å². The zero-order valence-corrected chi connectivity index (χ0v) is 9.37. The molecule has 0 radical (unpaired) electrons. The molecule has 0 aliphatic heterocycles. The molecule has 4 heteroatoms. The summed E-state index contributed by atoms with van der Waals surface area (Å²) in [6.07, 6.45) is 5.03. The van der Waals surface area contributed by atoms with E-state index in [4.69, 9.17) is 4.42 Å². The molecule has 0 atom stereocenters. The highest BCUT2D eigenvalue weighted by Crippen LogP contribution is 2.27. The minimum absolute atomic E-state index is 0.0892. The van der Waals surface area contributed by atoms with Crippen LogP contribution in [0.15, 0.2) is 22.8 Å². The second-order valence-corrected chi connectivity index (χ2v) is 4.25. The molecule has 16 heavy (non-hydrogen) atoms. The number of hydrogen-bond acceptors (Lipinski definition) is 3. The molecule has 0 spiro atoms. The molecule has 4 nitrogen and oxygen atoms in total. The number of hydrogen-bond donors (Lipinski definition) is 2. The molecule has 1 heterocycles. The van der Waals surface area contributed by atoms with Crippen LogP contribution in [0.25, 0.3) is 0 Å². The van der Waals surface area contributed by atoms with Crippen molar-refractivity contribution >= 4 is 5.91 Å². The molecule has 1 fully saturated rings. The molecule has 0 saturated heterocycles. The molecule has 1 aliphatic rings. The Kier molecular flexibility index (Phi) is 3.99. The van der Waals surface area contributed by atoms with Crippen molar-refractivity contribution in [2.75, 3.05) is 19.6 Å². The Morgan fingerprint density at radius 1 is 1.50 bits per heavy atom. The van der Waals surface area contributed by atoms with Crippen LogP contribution >= 0.6 is 0 Å². The second kappa shape index (κ2) is 5.70. The SMILES string of the molecule is O=C(CNCCc1ccco1)NCC1CC1. The quantitative estimate of drug-likeness (QED) is 0.675. The third-order valence-electron chi connectivity index (χ3n) is 2.70. The van der Waals surface area contributed by atoms with Gasteiger partial charge in [-0.2, -0.15) is 0 Å². The van der Waals surface area contributed by atoms with Crippen molar-refractivity contribution in [2.45, 2.75) is 19.3 Å². The Labute approximate surface area is 95.4 Å². The van der Waals surface area contributed by atoms with Gasteiger partial charge in [-0.25, -0.2) is 0 Å². The predicted octanol–water partition coefficient (Wildman–Crippen LogP) is 0.938. The van der Waals surface area contributed by atoms with Gasteiger partial charge in [0.15, 0.2) is 0 Å². The number of nitrogens with one attached hydrogen (secondary N) is 2. The van der Waals surface area contributed by atoms with Crippen molar-refractivity contribution in [3.05, 3.63) is 24.2 Å². The van der Waals surface area contributed by atoms with E-state index in [-0.39, 0.29) is 5.91 Å². The first-order valence-electron chi connectivity index (χ1n) is 5.84. The summed E-state index contributed by atoms with van der Waals surface area (Å²) in [6.45, 7) is 2.01. The maximum Gasteiger partial charge on any atom is 0.233 e. The molecule has 1 saturated carbocycles. The van der Waals surface area contributed by atoms with E-state index in [1.165, 1.54) is 12.8 Å². The molecule has 0 unspecified atom stereocenters. The lowest BCUT2D eigenvalue weighted by molar-refractivity contribution is -0.120. The van der Waals surface area contributed by atoms with E-state index < -0.39 is 0 Å². The van der Waals surface area contributed by atoms with Gasteiger partial charge in [0, 0.05) is 19.5 Å². The Bertz CT molecular complexity index is 318. The third kappa shape index (κ3) is 4.06. The Balaban J connectivity index is 1.48. The minimum Gasteiger partial charge on any atom is -0.469 e. The van der Waals surface area contributed by atoms with E-state index in [1.54, 1.807) is 6.26 Å². The maximum atomic E-state index is 11.3. The molecule has 1 aromatic heterocycles. The van der Waals surface area contributed by atoms with Crippen LogP contribution < -0.4 is 10.6 Å². The molecule has 1 amide bonds. The normalized spacial score (nSPS) is 15.0. The fourth-order valence-electron chi connectivity index (χ4n) is 1.51. The smallest absolute Gasteiger partial charge is 0.233 e.